The fourth-order valence-corrected chi connectivity index (χ4v) is 2.70. The van der Waals surface area contributed by atoms with Crippen molar-refractivity contribution in [3.63, 3.8) is 0 Å². The Hall–Kier alpha value is -1.06. The van der Waals surface area contributed by atoms with Crippen LogP contribution in [0.4, 0.5) is 0 Å². The molecule has 18 heavy (non-hydrogen) atoms. The molecule has 0 unspecified atom stereocenters. The number of rotatable bonds is 5. The molecule has 3 nitrogen and oxygen atoms in total. The minimum Gasteiger partial charge on any atom is -0.351 e. The molecule has 1 fully saturated rings. The molecule has 0 radical (unpaired) electrons. The number of halogens is 1. The van der Waals surface area contributed by atoms with Gasteiger partial charge in [0.2, 0.25) is 0 Å². The lowest BCUT2D eigenvalue weighted by molar-refractivity contribution is 0.0862. The van der Waals surface area contributed by atoms with Gasteiger partial charge in [-0.25, -0.2) is 0 Å². The molecule has 1 aromatic carbocycles. The molecule has 1 saturated carbocycles. The van der Waals surface area contributed by atoms with E-state index in [2.05, 4.69) is 10.6 Å². The second-order valence-corrected chi connectivity index (χ2v) is 5.45. The number of carbonyl (C=O) groups excluding carboxylic acids is 1. The normalized spacial score (nSPS) is 17.0. The van der Waals surface area contributed by atoms with Gasteiger partial charge in [-0.1, -0.05) is 30.2 Å². The summed E-state index contributed by atoms with van der Waals surface area (Å²) in [6.45, 7) is 1.67. The molecule has 1 aliphatic rings. The maximum Gasteiger partial charge on any atom is 0.252 e. The van der Waals surface area contributed by atoms with Crippen molar-refractivity contribution in [2.45, 2.75) is 19.3 Å². The summed E-state index contributed by atoms with van der Waals surface area (Å²) in [5, 5.41) is 6.72. The zero-order valence-electron chi connectivity index (χ0n) is 10.6. The van der Waals surface area contributed by atoms with Crippen molar-refractivity contribution >= 4 is 17.5 Å². The van der Waals surface area contributed by atoms with Crippen LogP contribution in [0.5, 0.6) is 0 Å². The maximum atomic E-state index is 12.0. The van der Waals surface area contributed by atoms with E-state index in [1.165, 1.54) is 19.3 Å². The molecule has 1 amide bonds. The Kier molecular flexibility index (Phi) is 4.25. The minimum absolute atomic E-state index is 0.0806. The van der Waals surface area contributed by atoms with E-state index in [-0.39, 0.29) is 11.3 Å². The van der Waals surface area contributed by atoms with Crippen LogP contribution >= 0.6 is 11.6 Å². The standard InChI is InChI=1S/C14H19ClN2O/c1-16-9-14(7-4-8-14)10-17-13(18)11-5-2-3-6-12(11)15/h2-3,5-6,16H,4,7-10H2,1H3,(H,17,18). The molecular weight excluding hydrogens is 248 g/mol. The number of amides is 1. The second-order valence-electron chi connectivity index (χ2n) is 5.05. The minimum atomic E-state index is -0.0806. The average molecular weight is 267 g/mol. The van der Waals surface area contributed by atoms with Gasteiger partial charge in [0.1, 0.15) is 0 Å². The molecule has 4 heteroatoms. The molecule has 0 aliphatic heterocycles. The predicted molar refractivity (Wildman–Crippen MR) is 74.0 cm³/mol. The van der Waals surface area contributed by atoms with Crippen molar-refractivity contribution in [2.24, 2.45) is 5.41 Å². The van der Waals surface area contributed by atoms with Crippen LogP contribution < -0.4 is 10.6 Å². The van der Waals surface area contributed by atoms with Crippen LogP contribution in [0.2, 0.25) is 5.02 Å². The predicted octanol–water partition coefficient (Wildman–Crippen LogP) is 2.46. The van der Waals surface area contributed by atoms with Crippen LogP contribution in [0.25, 0.3) is 0 Å². The van der Waals surface area contributed by atoms with Gasteiger partial charge in [0.05, 0.1) is 10.6 Å². The summed E-state index contributed by atoms with van der Waals surface area (Å²) in [6.07, 6.45) is 3.61. The molecule has 2 N–H and O–H groups in total. The van der Waals surface area contributed by atoms with Gasteiger partial charge >= 0.3 is 0 Å². The van der Waals surface area contributed by atoms with Crippen molar-refractivity contribution in [1.29, 1.82) is 0 Å². The van der Waals surface area contributed by atoms with Crippen LogP contribution in [0.1, 0.15) is 29.6 Å². The van der Waals surface area contributed by atoms with E-state index in [4.69, 9.17) is 11.6 Å². The summed E-state index contributed by atoms with van der Waals surface area (Å²) in [5.74, 6) is -0.0806. The smallest absolute Gasteiger partial charge is 0.252 e. The number of carbonyl (C=O) groups is 1. The van der Waals surface area contributed by atoms with E-state index in [0.29, 0.717) is 10.6 Å². The lowest BCUT2D eigenvalue weighted by Gasteiger charge is -2.42. The summed E-state index contributed by atoms with van der Waals surface area (Å²) in [5.41, 5.74) is 0.796. The molecule has 0 saturated heterocycles. The highest BCUT2D eigenvalue weighted by molar-refractivity contribution is 6.33. The molecule has 0 atom stereocenters. The van der Waals surface area contributed by atoms with Gasteiger partial charge in [0.15, 0.2) is 0 Å². The van der Waals surface area contributed by atoms with Crippen LogP contribution in [0.15, 0.2) is 24.3 Å². The third-order valence-corrected chi connectivity index (χ3v) is 4.04. The van der Waals surface area contributed by atoms with Gasteiger partial charge in [0.25, 0.3) is 5.91 Å². The third kappa shape index (κ3) is 2.85. The topological polar surface area (TPSA) is 41.1 Å². The number of nitrogens with one attached hydrogen (secondary N) is 2. The first-order valence-corrected chi connectivity index (χ1v) is 6.72. The monoisotopic (exact) mass is 266 g/mol. The number of hydrogen-bond donors (Lipinski definition) is 2. The highest BCUT2D eigenvalue weighted by Crippen LogP contribution is 2.39. The van der Waals surface area contributed by atoms with E-state index in [1.807, 2.05) is 19.2 Å². The van der Waals surface area contributed by atoms with Crippen molar-refractivity contribution in [2.75, 3.05) is 20.1 Å². The molecular formula is C14H19ClN2O. The van der Waals surface area contributed by atoms with Gasteiger partial charge in [-0.05, 0) is 32.0 Å². The Morgan fingerprint density at radius 1 is 1.33 bits per heavy atom. The van der Waals surface area contributed by atoms with Crippen molar-refractivity contribution in [3.8, 4) is 0 Å². The van der Waals surface area contributed by atoms with Gasteiger partial charge in [-0.15, -0.1) is 0 Å². The van der Waals surface area contributed by atoms with E-state index in [9.17, 15) is 4.79 Å². The van der Waals surface area contributed by atoms with E-state index in [1.54, 1.807) is 12.1 Å². The number of hydrogen-bond acceptors (Lipinski definition) is 2. The first-order valence-electron chi connectivity index (χ1n) is 6.34. The molecule has 2 rings (SSSR count). The van der Waals surface area contributed by atoms with Crippen LogP contribution in [-0.4, -0.2) is 26.0 Å². The van der Waals surface area contributed by atoms with E-state index in [0.717, 1.165) is 13.1 Å². The Morgan fingerprint density at radius 3 is 2.61 bits per heavy atom. The van der Waals surface area contributed by atoms with Gasteiger partial charge in [0, 0.05) is 18.5 Å². The van der Waals surface area contributed by atoms with Gasteiger partial charge in [-0.3, -0.25) is 4.79 Å². The molecule has 0 aromatic heterocycles. The summed E-state index contributed by atoms with van der Waals surface area (Å²) in [6, 6.07) is 7.15. The first-order chi connectivity index (χ1) is 8.67. The van der Waals surface area contributed by atoms with Crippen LogP contribution in [0, 0.1) is 5.41 Å². The zero-order chi connectivity index (χ0) is 13.0. The summed E-state index contributed by atoms with van der Waals surface area (Å²) in [4.78, 5) is 12.0. The molecule has 0 heterocycles. The third-order valence-electron chi connectivity index (χ3n) is 3.71. The van der Waals surface area contributed by atoms with Crippen LogP contribution in [0.3, 0.4) is 0 Å². The lowest BCUT2D eigenvalue weighted by atomic mass is 9.68. The van der Waals surface area contributed by atoms with Gasteiger partial charge < -0.3 is 10.6 Å². The van der Waals surface area contributed by atoms with Crippen molar-refractivity contribution in [3.05, 3.63) is 34.9 Å². The Bertz CT molecular complexity index is 430. The largest absolute Gasteiger partial charge is 0.351 e. The molecule has 98 valence electrons. The first kappa shape index (κ1) is 13.4. The lowest BCUT2D eigenvalue weighted by Crippen LogP contribution is -2.47. The zero-order valence-corrected chi connectivity index (χ0v) is 11.4. The Balaban J connectivity index is 1.94. The molecule has 1 aliphatic carbocycles. The Labute approximate surface area is 113 Å². The SMILES string of the molecule is CNCC1(CNC(=O)c2ccccc2Cl)CCC1. The van der Waals surface area contributed by atoms with E-state index < -0.39 is 0 Å². The highest BCUT2D eigenvalue weighted by atomic mass is 35.5. The summed E-state index contributed by atoms with van der Waals surface area (Å²) >= 11 is 6.00. The van der Waals surface area contributed by atoms with Crippen molar-refractivity contribution in [1.82, 2.24) is 10.6 Å². The molecule has 1 aromatic rings. The summed E-state index contributed by atoms with van der Waals surface area (Å²) in [7, 11) is 1.95. The number of benzene rings is 1. The van der Waals surface area contributed by atoms with Crippen molar-refractivity contribution < 1.29 is 4.79 Å². The fraction of sp³-hybridized carbons (Fsp3) is 0.500. The maximum absolute atomic E-state index is 12.0. The molecule has 0 bridgehead atoms. The second kappa shape index (κ2) is 5.72. The summed E-state index contributed by atoms with van der Waals surface area (Å²) < 4.78 is 0. The fourth-order valence-electron chi connectivity index (χ4n) is 2.48. The molecule has 0 spiro atoms. The van der Waals surface area contributed by atoms with E-state index >= 15 is 0 Å². The quantitative estimate of drug-likeness (QED) is 0.860. The Morgan fingerprint density at radius 2 is 2.06 bits per heavy atom. The highest BCUT2D eigenvalue weighted by Gasteiger charge is 2.36. The average Bonchev–Trinajstić information content (AvgIpc) is 2.32. The van der Waals surface area contributed by atoms with Crippen LogP contribution in [-0.2, 0) is 0 Å². The van der Waals surface area contributed by atoms with Gasteiger partial charge in [-0.2, -0.15) is 0 Å².